The zero-order valence-electron chi connectivity index (χ0n) is 14.2. The van der Waals surface area contributed by atoms with Gasteiger partial charge >= 0.3 is 6.18 Å². The molecule has 0 aliphatic heterocycles. The minimum Gasteiger partial charge on any atom is -0.439 e. The summed E-state index contributed by atoms with van der Waals surface area (Å²) in [5, 5.41) is 11.7. The van der Waals surface area contributed by atoms with Crippen molar-refractivity contribution in [3.8, 4) is 11.4 Å². The number of aromatic nitrogens is 2. The number of halogens is 3. The Morgan fingerprint density at radius 3 is 2.15 bits per heavy atom. The summed E-state index contributed by atoms with van der Waals surface area (Å²) >= 11 is 0. The van der Waals surface area contributed by atoms with Crippen molar-refractivity contribution >= 4 is 11.7 Å². The SMILES string of the molecule is C=C(OC(=N)c1ccc(C(F)(F)F)cc1)c1ccc(-c2noc(C)n2)cc1. The van der Waals surface area contributed by atoms with E-state index in [1.165, 1.54) is 12.1 Å². The van der Waals surface area contributed by atoms with Gasteiger partial charge in [0.05, 0.1) is 5.56 Å². The molecule has 0 spiro atoms. The Morgan fingerprint density at radius 2 is 1.63 bits per heavy atom. The second-order valence-corrected chi connectivity index (χ2v) is 5.64. The molecular weight excluding hydrogens is 359 g/mol. The second-order valence-electron chi connectivity index (χ2n) is 5.64. The summed E-state index contributed by atoms with van der Waals surface area (Å²) in [5.74, 6) is 0.789. The van der Waals surface area contributed by atoms with E-state index in [1.54, 1.807) is 31.2 Å². The third-order valence-corrected chi connectivity index (χ3v) is 3.69. The number of nitrogens with zero attached hydrogens (tertiary/aromatic N) is 2. The third-order valence-electron chi connectivity index (χ3n) is 3.69. The lowest BCUT2D eigenvalue weighted by atomic mass is 10.1. The van der Waals surface area contributed by atoms with Gasteiger partial charge < -0.3 is 9.26 Å². The van der Waals surface area contributed by atoms with Crippen molar-refractivity contribution < 1.29 is 22.4 Å². The van der Waals surface area contributed by atoms with Crippen molar-refractivity contribution in [1.29, 1.82) is 5.41 Å². The van der Waals surface area contributed by atoms with Crippen LogP contribution in [0.2, 0.25) is 0 Å². The molecular formula is C19H14F3N3O2. The van der Waals surface area contributed by atoms with E-state index in [4.69, 9.17) is 14.7 Å². The molecule has 0 aliphatic rings. The summed E-state index contributed by atoms with van der Waals surface area (Å²) in [4.78, 5) is 4.12. The van der Waals surface area contributed by atoms with Gasteiger partial charge in [0.1, 0.15) is 5.76 Å². The average Bonchev–Trinajstić information content (AvgIpc) is 3.07. The van der Waals surface area contributed by atoms with Crippen LogP contribution >= 0.6 is 0 Å². The first-order valence-corrected chi connectivity index (χ1v) is 7.78. The molecule has 0 amide bonds. The molecule has 0 atom stereocenters. The van der Waals surface area contributed by atoms with E-state index >= 15 is 0 Å². The highest BCUT2D eigenvalue weighted by Gasteiger charge is 2.30. The average molecular weight is 373 g/mol. The molecule has 8 heteroatoms. The topological polar surface area (TPSA) is 72.0 Å². The third kappa shape index (κ3) is 4.22. The number of benzene rings is 2. The molecule has 0 aliphatic carbocycles. The predicted octanol–water partition coefficient (Wildman–Crippen LogP) is 5.08. The van der Waals surface area contributed by atoms with Crippen LogP contribution in [-0.2, 0) is 10.9 Å². The molecule has 0 saturated carbocycles. The quantitative estimate of drug-likeness (QED) is 0.393. The normalized spacial score (nSPS) is 11.3. The van der Waals surface area contributed by atoms with Crippen molar-refractivity contribution in [2.45, 2.75) is 13.1 Å². The Bertz CT molecular complexity index is 975. The first-order chi connectivity index (χ1) is 12.7. The fraction of sp³-hybridized carbons (Fsp3) is 0.105. The monoisotopic (exact) mass is 373 g/mol. The van der Waals surface area contributed by atoms with Crippen molar-refractivity contribution in [2.75, 3.05) is 0 Å². The maximum absolute atomic E-state index is 12.6. The van der Waals surface area contributed by atoms with Crippen LogP contribution in [0.25, 0.3) is 17.1 Å². The largest absolute Gasteiger partial charge is 0.439 e. The number of hydrogen-bond acceptors (Lipinski definition) is 5. The van der Waals surface area contributed by atoms with Crippen LogP contribution in [0.15, 0.2) is 59.6 Å². The molecule has 2 aromatic carbocycles. The van der Waals surface area contributed by atoms with E-state index in [9.17, 15) is 13.2 Å². The van der Waals surface area contributed by atoms with Crippen molar-refractivity contribution in [1.82, 2.24) is 10.1 Å². The van der Waals surface area contributed by atoms with E-state index in [0.717, 1.165) is 17.7 Å². The number of ether oxygens (including phenoxy) is 1. The van der Waals surface area contributed by atoms with Crippen molar-refractivity contribution in [2.24, 2.45) is 0 Å². The van der Waals surface area contributed by atoms with Crippen molar-refractivity contribution in [3.05, 3.63) is 77.7 Å². The molecule has 1 N–H and O–H groups in total. The van der Waals surface area contributed by atoms with Crippen LogP contribution in [0.4, 0.5) is 13.2 Å². The lowest BCUT2D eigenvalue weighted by molar-refractivity contribution is -0.137. The van der Waals surface area contributed by atoms with Crippen LogP contribution in [0.3, 0.4) is 0 Å². The molecule has 1 heterocycles. The highest BCUT2D eigenvalue weighted by atomic mass is 19.4. The highest BCUT2D eigenvalue weighted by Crippen LogP contribution is 2.29. The fourth-order valence-corrected chi connectivity index (χ4v) is 2.27. The summed E-state index contributed by atoms with van der Waals surface area (Å²) in [6.45, 7) is 5.45. The Labute approximate surface area is 152 Å². The van der Waals surface area contributed by atoms with Gasteiger partial charge in [-0.25, -0.2) is 0 Å². The maximum Gasteiger partial charge on any atom is 0.416 e. The summed E-state index contributed by atoms with van der Waals surface area (Å²) in [6.07, 6.45) is -4.43. The molecule has 27 heavy (non-hydrogen) atoms. The van der Waals surface area contributed by atoms with Gasteiger partial charge in [0, 0.05) is 23.6 Å². The first-order valence-electron chi connectivity index (χ1n) is 7.78. The predicted molar refractivity (Wildman–Crippen MR) is 92.9 cm³/mol. The molecule has 0 unspecified atom stereocenters. The van der Waals surface area contributed by atoms with Gasteiger partial charge in [-0.05, 0) is 24.3 Å². The first kappa shape index (κ1) is 18.4. The molecule has 3 aromatic rings. The summed E-state index contributed by atoms with van der Waals surface area (Å²) < 4.78 is 48.1. The molecule has 138 valence electrons. The van der Waals surface area contributed by atoms with Crippen LogP contribution in [0.1, 0.15) is 22.6 Å². The van der Waals surface area contributed by atoms with Gasteiger partial charge in [0.25, 0.3) is 0 Å². The van der Waals surface area contributed by atoms with E-state index in [-0.39, 0.29) is 17.2 Å². The van der Waals surface area contributed by atoms with Gasteiger partial charge in [-0.1, -0.05) is 36.0 Å². The zero-order valence-corrected chi connectivity index (χ0v) is 14.2. The Morgan fingerprint density at radius 1 is 1.04 bits per heavy atom. The number of nitrogens with one attached hydrogen (secondary N) is 1. The Hall–Kier alpha value is -3.42. The maximum atomic E-state index is 12.6. The lowest BCUT2D eigenvalue weighted by Gasteiger charge is -2.11. The number of aryl methyl sites for hydroxylation is 1. The molecule has 0 radical (unpaired) electrons. The Balaban J connectivity index is 1.68. The van der Waals surface area contributed by atoms with Gasteiger partial charge in [-0.15, -0.1) is 0 Å². The molecule has 3 rings (SSSR count). The van der Waals surface area contributed by atoms with E-state index in [1.807, 2.05) is 0 Å². The van der Waals surface area contributed by atoms with Crippen LogP contribution in [0, 0.1) is 12.3 Å². The Kier molecular flexibility index (Phi) is 4.81. The zero-order chi connectivity index (χ0) is 19.6. The van der Waals surface area contributed by atoms with E-state index in [2.05, 4.69) is 16.7 Å². The summed E-state index contributed by atoms with van der Waals surface area (Å²) in [6, 6.07) is 11.1. The molecule has 0 saturated heterocycles. The minimum atomic E-state index is -4.43. The van der Waals surface area contributed by atoms with Gasteiger partial charge in [0.2, 0.25) is 17.6 Å². The van der Waals surface area contributed by atoms with Crippen LogP contribution < -0.4 is 0 Å². The summed E-state index contributed by atoms with van der Waals surface area (Å²) in [7, 11) is 0. The molecule has 5 nitrogen and oxygen atoms in total. The van der Waals surface area contributed by atoms with Crippen LogP contribution in [0.5, 0.6) is 0 Å². The molecule has 0 fully saturated rings. The van der Waals surface area contributed by atoms with E-state index in [0.29, 0.717) is 17.3 Å². The second kappa shape index (κ2) is 7.06. The van der Waals surface area contributed by atoms with E-state index < -0.39 is 11.7 Å². The number of rotatable bonds is 4. The van der Waals surface area contributed by atoms with Gasteiger partial charge in [0.15, 0.2) is 0 Å². The molecule has 0 bridgehead atoms. The fourth-order valence-electron chi connectivity index (χ4n) is 2.27. The van der Waals surface area contributed by atoms with Gasteiger partial charge in [-0.3, -0.25) is 5.41 Å². The standard InChI is InChI=1S/C19H14F3N3O2/c1-11(13-3-5-15(6-4-13)18-24-12(2)27-25-18)26-17(23)14-7-9-16(10-8-14)19(20,21)22/h3-10,23H,1H2,2H3. The van der Waals surface area contributed by atoms with Crippen LogP contribution in [-0.4, -0.2) is 16.0 Å². The van der Waals surface area contributed by atoms with Crippen molar-refractivity contribution in [3.63, 3.8) is 0 Å². The van der Waals surface area contributed by atoms with Gasteiger partial charge in [-0.2, -0.15) is 18.2 Å². The molecule has 1 aromatic heterocycles. The smallest absolute Gasteiger partial charge is 0.416 e. The highest BCUT2D eigenvalue weighted by molar-refractivity contribution is 5.94. The number of alkyl halides is 3. The lowest BCUT2D eigenvalue weighted by Crippen LogP contribution is -2.07. The number of hydrogen-bond donors (Lipinski definition) is 1. The minimum absolute atomic E-state index is 0.191. The summed E-state index contributed by atoms with van der Waals surface area (Å²) in [5.41, 5.74) is 0.769.